The highest BCUT2D eigenvalue weighted by Gasteiger charge is 2.61. The molecule has 1 amide bonds. The van der Waals surface area contributed by atoms with Gasteiger partial charge in [0.15, 0.2) is 0 Å². The van der Waals surface area contributed by atoms with E-state index in [1.807, 2.05) is 26.2 Å². The molecule has 1 aliphatic carbocycles. The summed E-state index contributed by atoms with van der Waals surface area (Å²) in [6.45, 7) is 3.25. The fourth-order valence-corrected chi connectivity index (χ4v) is 3.44. The minimum absolute atomic E-state index is 0.339. The highest BCUT2D eigenvalue weighted by molar-refractivity contribution is 5.83. The molecule has 1 saturated heterocycles. The van der Waals surface area contributed by atoms with Gasteiger partial charge < -0.3 is 15.5 Å². The number of hydrogen-bond acceptors (Lipinski definition) is 6. The van der Waals surface area contributed by atoms with E-state index in [0.29, 0.717) is 31.9 Å². The van der Waals surface area contributed by atoms with E-state index >= 15 is 0 Å². The van der Waals surface area contributed by atoms with Crippen molar-refractivity contribution < 1.29 is 13.6 Å². The van der Waals surface area contributed by atoms with Gasteiger partial charge in [-0.15, -0.1) is 0 Å². The number of carbonyl (C=O) groups is 1. The molecule has 0 spiro atoms. The van der Waals surface area contributed by atoms with Gasteiger partial charge in [0.1, 0.15) is 11.7 Å². The number of rotatable bonds is 5. The van der Waals surface area contributed by atoms with Crippen LogP contribution in [0.4, 0.5) is 26.2 Å². The molecule has 2 N–H and O–H groups in total. The number of carbonyl (C=O) groups excluding carboxylic acids is 1. The molecule has 1 aliphatic heterocycles. The van der Waals surface area contributed by atoms with Crippen molar-refractivity contribution >= 4 is 23.4 Å². The smallest absolute Gasteiger partial charge is 0.260 e. The Kier molecular flexibility index (Phi) is 4.43. The minimum atomic E-state index is -2.83. The maximum absolute atomic E-state index is 13.1. The number of aryl methyl sites for hydroxylation is 1. The summed E-state index contributed by atoms with van der Waals surface area (Å²) in [6, 6.07) is 1.83. The molecular weight excluding hydrogens is 368 g/mol. The van der Waals surface area contributed by atoms with Crippen LogP contribution in [0.25, 0.3) is 0 Å². The Hall–Kier alpha value is -2.78. The minimum Gasteiger partial charge on any atom is -0.356 e. The first-order chi connectivity index (χ1) is 13.2. The molecule has 2 aromatic rings. The number of piperidine rings is 1. The summed E-state index contributed by atoms with van der Waals surface area (Å²) >= 11 is 0. The molecule has 2 aliphatic rings. The van der Waals surface area contributed by atoms with Crippen LogP contribution in [0.15, 0.2) is 24.7 Å². The SMILES string of the molecule is Cn1cc(Nc2nccc(N3CCC(C)(NC(=O)C4CC4(F)F)CC3)n2)cn1. The van der Waals surface area contributed by atoms with Gasteiger partial charge in [-0.05, 0) is 25.8 Å². The van der Waals surface area contributed by atoms with Crippen molar-refractivity contribution in [2.45, 2.75) is 37.6 Å². The Labute approximate surface area is 161 Å². The molecule has 0 radical (unpaired) electrons. The maximum Gasteiger partial charge on any atom is 0.260 e. The van der Waals surface area contributed by atoms with E-state index in [2.05, 4.69) is 30.6 Å². The molecule has 8 nitrogen and oxygen atoms in total. The molecule has 0 bridgehead atoms. The average molecular weight is 391 g/mol. The Balaban J connectivity index is 1.35. The van der Waals surface area contributed by atoms with Crippen molar-refractivity contribution in [3.8, 4) is 0 Å². The summed E-state index contributed by atoms with van der Waals surface area (Å²) in [5.41, 5.74) is 0.321. The number of hydrogen-bond donors (Lipinski definition) is 2. The largest absolute Gasteiger partial charge is 0.356 e. The standard InChI is InChI=1S/C18H23F2N7O/c1-17(25-15(28)13-9-18(13,19)20)4-7-27(8-5-17)14-3-6-21-16(24-14)23-12-10-22-26(2)11-12/h3,6,10-11,13H,4-5,7-9H2,1-2H3,(H,25,28)(H,21,23,24). The van der Waals surface area contributed by atoms with Crippen molar-refractivity contribution in [2.24, 2.45) is 13.0 Å². The third kappa shape index (κ3) is 3.90. The summed E-state index contributed by atoms with van der Waals surface area (Å²) in [4.78, 5) is 22.9. The summed E-state index contributed by atoms with van der Waals surface area (Å²) in [5.74, 6) is -3.28. The van der Waals surface area contributed by atoms with E-state index in [-0.39, 0.29) is 6.42 Å². The van der Waals surface area contributed by atoms with Gasteiger partial charge in [0.2, 0.25) is 11.9 Å². The Morgan fingerprint density at radius 1 is 1.32 bits per heavy atom. The summed E-state index contributed by atoms with van der Waals surface area (Å²) in [7, 11) is 1.83. The number of amides is 1. The molecule has 28 heavy (non-hydrogen) atoms. The van der Waals surface area contributed by atoms with Gasteiger partial charge in [0, 0.05) is 44.5 Å². The summed E-state index contributed by atoms with van der Waals surface area (Å²) in [6.07, 6.45) is 6.18. The lowest BCUT2D eigenvalue weighted by Crippen LogP contribution is -2.54. The number of halogens is 2. The average Bonchev–Trinajstić information content (AvgIpc) is 3.10. The first kappa shape index (κ1) is 18.6. The van der Waals surface area contributed by atoms with Gasteiger partial charge in [-0.3, -0.25) is 9.48 Å². The van der Waals surface area contributed by atoms with Crippen LogP contribution in [0.2, 0.25) is 0 Å². The lowest BCUT2D eigenvalue weighted by molar-refractivity contribution is -0.126. The van der Waals surface area contributed by atoms with Crippen LogP contribution in [0.1, 0.15) is 26.2 Å². The van der Waals surface area contributed by atoms with Crippen LogP contribution in [0, 0.1) is 5.92 Å². The van der Waals surface area contributed by atoms with E-state index in [0.717, 1.165) is 11.5 Å². The third-order valence-corrected chi connectivity index (χ3v) is 5.36. The van der Waals surface area contributed by atoms with E-state index in [9.17, 15) is 13.6 Å². The van der Waals surface area contributed by atoms with E-state index in [1.54, 1.807) is 17.1 Å². The zero-order valence-electron chi connectivity index (χ0n) is 15.8. The Morgan fingerprint density at radius 2 is 2.04 bits per heavy atom. The van der Waals surface area contributed by atoms with Gasteiger partial charge in [0.05, 0.1) is 11.9 Å². The van der Waals surface area contributed by atoms with Crippen LogP contribution < -0.4 is 15.5 Å². The van der Waals surface area contributed by atoms with Crippen molar-refractivity contribution in [3.05, 3.63) is 24.7 Å². The first-order valence-electron chi connectivity index (χ1n) is 9.28. The molecule has 4 rings (SSSR count). The van der Waals surface area contributed by atoms with Crippen LogP contribution in [0.3, 0.4) is 0 Å². The van der Waals surface area contributed by atoms with E-state index in [4.69, 9.17) is 0 Å². The van der Waals surface area contributed by atoms with Crippen LogP contribution in [0.5, 0.6) is 0 Å². The van der Waals surface area contributed by atoms with Gasteiger partial charge in [0.25, 0.3) is 5.92 Å². The maximum atomic E-state index is 13.1. The molecule has 1 saturated carbocycles. The second-order valence-electron chi connectivity index (χ2n) is 7.82. The number of alkyl halides is 2. The van der Waals surface area contributed by atoms with Crippen molar-refractivity contribution in [1.29, 1.82) is 0 Å². The molecule has 2 fully saturated rings. The van der Waals surface area contributed by atoms with Gasteiger partial charge >= 0.3 is 0 Å². The van der Waals surface area contributed by atoms with Crippen molar-refractivity contribution in [1.82, 2.24) is 25.1 Å². The normalized spacial score (nSPS) is 22.6. The molecule has 2 aromatic heterocycles. The van der Waals surface area contributed by atoms with Gasteiger partial charge in [-0.2, -0.15) is 10.1 Å². The monoisotopic (exact) mass is 391 g/mol. The molecular formula is C18H23F2N7O. The quantitative estimate of drug-likeness (QED) is 0.812. The van der Waals surface area contributed by atoms with Crippen molar-refractivity contribution in [3.63, 3.8) is 0 Å². The molecule has 10 heteroatoms. The fourth-order valence-electron chi connectivity index (χ4n) is 3.44. The Bertz CT molecular complexity index is 876. The predicted molar refractivity (Wildman–Crippen MR) is 99.6 cm³/mol. The number of nitrogens with zero attached hydrogens (tertiary/aromatic N) is 5. The number of aromatic nitrogens is 4. The highest BCUT2D eigenvalue weighted by atomic mass is 19.3. The zero-order valence-corrected chi connectivity index (χ0v) is 15.8. The fraction of sp³-hybridized carbons (Fsp3) is 0.556. The van der Waals surface area contributed by atoms with Crippen LogP contribution in [-0.2, 0) is 11.8 Å². The predicted octanol–water partition coefficient (Wildman–Crippen LogP) is 2.08. The number of nitrogens with one attached hydrogen (secondary N) is 2. The summed E-state index contributed by atoms with van der Waals surface area (Å²) < 4.78 is 27.9. The first-order valence-corrected chi connectivity index (χ1v) is 9.28. The summed E-state index contributed by atoms with van der Waals surface area (Å²) in [5, 5.41) is 10.0. The zero-order chi connectivity index (χ0) is 19.9. The Morgan fingerprint density at radius 3 is 2.64 bits per heavy atom. The van der Waals surface area contributed by atoms with E-state index in [1.165, 1.54) is 0 Å². The molecule has 3 heterocycles. The lowest BCUT2D eigenvalue weighted by atomic mass is 9.89. The second kappa shape index (κ2) is 6.68. The van der Waals surface area contributed by atoms with Gasteiger partial charge in [-0.1, -0.05) is 0 Å². The lowest BCUT2D eigenvalue weighted by Gasteiger charge is -2.40. The topological polar surface area (TPSA) is 88.0 Å². The molecule has 150 valence electrons. The van der Waals surface area contributed by atoms with E-state index < -0.39 is 23.3 Å². The van der Waals surface area contributed by atoms with Gasteiger partial charge in [-0.25, -0.2) is 13.8 Å². The molecule has 0 aromatic carbocycles. The molecule has 1 atom stereocenters. The second-order valence-corrected chi connectivity index (χ2v) is 7.82. The third-order valence-electron chi connectivity index (χ3n) is 5.36. The molecule has 1 unspecified atom stereocenters. The van der Waals surface area contributed by atoms with Crippen LogP contribution in [-0.4, -0.2) is 50.2 Å². The van der Waals surface area contributed by atoms with Crippen LogP contribution >= 0.6 is 0 Å². The highest BCUT2D eigenvalue weighted by Crippen LogP contribution is 2.49. The number of anilines is 3. The van der Waals surface area contributed by atoms with Crippen molar-refractivity contribution in [2.75, 3.05) is 23.3 Å².